The molecule has 1 aliphatic heterocycles. The monoisotopic (exact) mass is 225 g/mol. The molecule has 0 N–H and O–H groups in total. The maximum absolute atomic E-state index is 11.5. The number of thiophene rings is 1. The topological polar surface area (TPSA) is 46.6 Å². The molecule has 2 rings (SSSR count). The Morgan fingerprint density at radius 1 is 1.60 bits per heavy atom. The van der Waals surface area contributed by atoms with Gasteiger partial charge in [0.25, 0.3) is 0 Å². The summed E-state index contributed by atoms with van der Waals surface area (Å²) < 4.78 is 4.66. The van der Waals surface area contributed by atoms with E-state index in [1.54, 1.807) is 16.3 Å². The molecule has 1 saturated heterocycles. The van der Waals surface area contributed by atoms with Crippen molar-refractivity contribution in [1.29, 1.82) is 0 Å². The lowest BCUT2D eigenvalue weighted by atomic mass is 10.3. The summed E-state index contributed by atoms with van der Waals surface area (Å²) >= 11 is 1.30. The van der Waals surface area contributed by atoms with Crippen LogP contribution in [0.15, 0.2) is 11.4 Å². The van der Waals surface area contributed by atoms with Crippen molar-refractivity contribution in [2.75, 3.05) is 18.6 Å². The van der Waals surface area contributed by atoms with E-state index in [9.17, 15) is 9.59 Å². The fraction of sp³-hybridized carbons (Fsp3) is 0.400. The summed E-state index contributed by atoms with van der Waals surface area (Å²) in [5.41, 5.74) is 0.689. The molecule has 0 aliphatic carbocycles. The standard InChI is InChI=1S/C10H11NO3S/c1-14-10(13)9-7(4-6-15-9)11-5-2-3-8(11)12/h4,6H,2-3,5H2,1H3. The zero-order valence-electron chi connectivity index (χ0n) is 8.36. The third kappa shape index (κ3) is 1.74. The van der Waals surface area contributed by atoms with E-state index in [0.29, 0.717) is 23.5 Å². The van der Waals surface area contributed by atoms with E-state index < -0.39 is 0 Å². The van der Waals surface area contributed by atoms with Gasteiger partial charge in [-0.15, -0.1) is 11.3 Å². The van der Waals surface area contributed by atoms with Gasteiger partial charge in [0, 0.05) is 13.0 Å². The first-order chi connectivity index (χ1) is 7.24. The first kappa shape index (κ1) is 10.2. The van der Waals surface area contributed by atoms with Crippen LogP contribution in [0.5, 0.6) is 0 Å². The van der Waals surface area contributed by atoms with Crippen LogP contribution < -0.4 is 4.90 Å². The second-order valence-electron chi connectivity index (χ2n) is 3.28. The molecule has 1 fully saturated rings. The van der Waals surface area contributed by atoms with Crippen molar-refractivity contribution in [1.82, 2.24) is 0 Å². The summed E-state index contributed by atoms with van der Waals surface area (Å²) in [6.45, 7) is 0.694. The lowest BCUT2D eigenvalue weighted by molar-refractivity contribution is -0.117. The van der Waals surface area contributed by atoms with Gasteiger partial charge in [0.05, 0.1) is 12.8 Å². The van der Waals surface area contributed by atoms with Gasteiger partial charge in [0.2, 0.25) is 5.91 Å². The van der Waals surface area contributed by atoms with Crippen LogP contribution in [0.1, 0.15) is 22.5 Å². The van der Waals surface area contributed by atoms with Crippen LogP contribution in [0.2, 0.25) is 0 Å². The smallest absolute Gasteiger partial charge is 0.350 e. The molecule has 0 aromatic carbocycles. The minimum atomic E-state index is -0.375. The van der Waals surface area contributed by atoms with Crippen molar-refractivity contribution in [3.05, 3.63) is 16.3 Å². The van der Waals surface area contributed by atoms with E-state index >= 15 is 0 Å². The average Bonchev–Trinajstić information content (AvgIpc) is 2.84. The number of carbonyl (C=O) groups is 2. The average molecular weight is 225 g/mol. The van der Waals surface area contributed by atoms with Gasteiger partial charge >= 0.3 is 5.97 Å². The number of amides is 1. The van der Waals surface area contributed by atoms with Crippen molar-refractivity contribution in [3.63, 3.8) is 0 Å². The number of hydrogen-bond acceptors (Lipinski definition) is 4. The molecule has 1 amide bonds. The fourth-order valence-corrected chi connectivity index (χ4v) is 2.47. The molecule has 0 saturated carbocycles. The van der Waals surface area contributed by atoms with Crippen molar-refractivity contribution in [2.45, 2.75) is 12.8 Å². The summed E-state index contributed by atoms with van der Waals surface area (Å²) in [5, 5.41) is 1.80. The molecule has 80 valence electrons. The van der Waals surface area contributed by atoms with Gasteiger partial charge < -0.3 is 9.64 Å². The molecule has 5 heteroatoms. The van der Waals surface area contributed by atoms with Crippen molar-refractivity contribution in [3.8, 4) is 0 Å². The van der Waals surface area contributed by atoms with Gasteiger partial charge in [-0.05, 0) is 17.9 Å². The van der Waals surface area contributed by atoms with Crippen molar-refractivity contribution in [2.24, 2.45) is 0 Å². The Morgan fingerprint density at radius 3 is 3.00 bits per heavy atom. The van der Waals surface area contributed by atoms with Crippen molar-refractivity contribution >= 4 is 28.9 Å². The molecule has 0 bridgehead atoms. The minimum absolute atomic E-state index is 0.0820. The quantitative estimate of drug-likeness (QED) is 0.719. The Bertz CT molecular complexity index is 399. The molecular weight excluding hydrogens is 214 g/mol. The lowest BCUT2D eigenvalue weighted by Gasteiger charge is -2.14. The molecular formula is C10H11NO3S. The fourth-order valence-electron chi connectivity index (χ4n) is 1.66. The molecule has 0 unspecified atom stereocenters. The van der Waals surface area contributed by atoms with Gasteiger partial charge in [-0.3, -0.25) is 4.79 Å². The first-order valence-electron chi connectivity index (χ1n) is 4.70. The van der Waals surface area contributed by atoms with E-state index in [0.717, 1.165) is 6.42 Å². The Hall–Kier alpha value is -1.36. The van der Waals surface area contributed by atoms with Crippen LogP contribution in [-0.2, 0) is 9.53 Å². The third-order valence-corrected chi connectivity index (χ3v) is 3.26. The van der Waals surface area contributed by atoms with Crippen LogP contribution in [0.3, 0.4) is 0 Å². The van der Waals surface area contributed by atoms with Crippen LogP contribution in [0.25, 0.3) is 0 Å². The molecule has 0 atom stereocenters. The maximum atomic E-state index is 11.5. The summed E-state index contributed by atoms with van der Waals surface area (Å²) in [7, 11) is 1.34. The number of esters is 1. The molecule has 1 aliphatic rings. The van der Waals surface area contributed by atoms with Crippen LogP contribution in [0.4, 0.5) is 5.69 Å². The molecule has 15 heavy (non-hydrogen) atoms. The number of methoxy groups -OCH3 is 1. The number of carbonyl (C=O) groups excluding carboxylic acids is 2. The zero-order valence-corrected chi connectivity index (χ0v) is 9.17. The molecule has 4 nitrogen and oxygen atoms in total. The highest BCUT2D eigenvalue weighted by Gasteiger charge is 2.26. The number of nitrogens with zero attached hydrogens (tertiary/aromatic N) is 1. The summed E-state index contributed by atoms with van der Waals surface area (Å²) in [4.78, 5) is 25.1. The Labute approximate surface area is 91.5 Å². The molecule has 0 spiro atoms. The van der Waals surface area contributed by atoms with Crippen LogP contribution in [0, 0.1) is 0 Å². The third-order valence-electron chi connectivity index (χ3n) is 2.38. The molecule has 1 aromatic heterocycles. The maximum Gasteiger partial charge on any atom is 0.350 e. The van der Waals surface area contributed by atoms with E-state index in [1.165, 1.54) is 18.4 Å². The second kappa shape index (κ2) is 4.02. The number of hydrogen-bond donors (Lipinski definition) is 0. The Balaban J connectivity index is 2.32. The molecule has 1 aromatic rings. The highest BCUT2D eigenvalue weighted by molar-refractivity contribution is 7.12. The molecule has 0 radical (unpaired) electrons. The highest BCUT2D eigenvalue weighted by Crippen LogP contribution is 2.30. The second-order valence-corrected chi connectivity index (χ2v) is 4.19. The number of anilines is 1. The van der Waals surface area contributed by atoms with E-state index in [4.69, 9.17) is 0 Å². The molecule has 2 heterocycles. The van der Waals surface area contributed by atoms with Crippen LogP contribution in [-0.4, -0.2) is 25.5 Å². The largest absolute Gasteiger partial charge is 0.465 e. The number of rotatable bonds is 2. The van der Waals surface area contributed by atoms with E-state index in [2.05, 4.69) is 4.74 Å². The van der Waals surface area contributed by atoms with Gasteiger partial charge in [-0.2, -0.15) is 0 Å². The Kier molecular flexibility index (Phi) is 2.73. The number of ether oxygens (including phenoxy) is 1. The van der Waals surface area contributed by atoms with Gasteiger partial charge in [0.1, 0.15) is 4.88 Å². The van der Waals surface area contributed by atoms with Gasteiger partial charge in [0.15, 0.2) is 0 Å². The van der Waals surface area contributed by atoms with E-state index in [1.807, 2.05) is 0 Å². The zero-order chi connectivity index (χ0) is 10.8. The first-order valence-corrected chi connectivity index (χ1v) is 5.58. The summed E-state index contributed by atoms with van der Waals surface area (Å²) in [6.07, 6.45) is 1.42. The predicted octanol–water partition coefficient (Wildman–Crippen LogP) is 1.66. The normalized spacial score (nSPS) is 15.8. The highest BCUT2D eigenvalue weighted by atomic mass is 32.1. The van der Waals surface area contributed by atoms with E-state index in [-0.39, 0.29) is 11.9 Å². The SMILES string of the molecule is COC(=O)c1sccc1N1CCCC1=O. The Morgan fingerprint density at radius 2 is 2.40 bits per heavy atom. The predicted molar refractivity (Wildman–Crippen MR) is 57.2 cm³/mol. The van der Waals surface area contributed by atoms with Crippen LogP contribution >= 0.6 is 11.3 Å². The summed E-state index contributed by atoms with van der Waals surface area (Å²) in [5.74, 6) is -0.293. The van der Waals surface area contributed by atoms with Crippen molar-refractivity contribution < 1.29 is 14.3 Å². The summed E-state index contributed by atoms with van der Waals surface area (Å²) in [6, 6.07) is 1.79. The van der Waals surface area contributed by atoms with Gasteiger partial charge in [-0.25, -0.2) is 4.79 Å². The van der Waals surface area contributed by atoms with Gasteiger partial charge in [-0.1, -0.05) is 0 Å². The minimum Gasteiger partial charge on any atom is -0.465 e. The lowest BCUT2D eigenvalue weighted by Crippen LogP contribution is -2.24.